The van der Waals surface area contributed by atoms with Crippen molar-refractivity contribution in [2.24, 2.45) is 4.99 Å². The molecule has 1 atom stereocenters. The van der Waals surface area contributed by atoms with Crippen LogP contribution in [0.1, 0.15) is 12.5 Å². The van der Waals surface area contributed by atoms with Gasteiger partial charge in [0.15, 0.2) is 10.8 Å². The molecule has 1 unspecified atom stereocenters. The number of methoxy groups -OCH3 is 1. The van der Waals surface area contributed by atoms with E-state index in [0.29, 0.717) is 5.17 Å². The number of nitrogens with zero attached hydrogens (tertiary/aromatic N) is 1. The van der Waals surface area contributed by atoms with Crippen LogP contribution in [-0.2, 0) is 15.1 Å². The number of hydrogen-bond acceptors (Lipinski definition) is 4. The fourth-order valence-corrected chi connectivity index (χ4v) is 2.45. The Labute approximate surface area is 111 Å². The van der Waals surface area contributed by atoms with Crippen LogP contribution < -0.4 is 5.32 Å². The lowest BCUT2D eigenvalue weighted by atomic mass is 9.95. The van der Waals surface area contributed by atoms with Crippen LogP contribution in [0.5, 0.6) is 0 Å². The Morgan fingerprint density at radius 1 is 1.44 bits per heavy atom. The number of carbonyl (C=O) groups excluding carboxylic acids is 1. The topological polar surface area (TPSA) is 50.7 Å². The third kappa shape index (κ3) is 2.57. The third-order valence-corrected chi connectivity index (χ3v) is 3.86. The summed E-state index contributed by atoms with van der Waals surface area (Å²) in [4.78, 5) is 16.5. The number of nitrogens with one attached hydrogen (secondary N) is 1. The maximum absolute atomic E-state index is 12.3. The fraction of sp³-hybridized carbons (Fsp3) is 0.385. The highest BCUT2D eigenvalue weighted by molar-refractivity contribution is 8.14. The average molecular weight is 264 g/mol. The van der Waals surface area contributed by atoms with Gasteiger partial charge < -0.3 is 10.1 Å². The number of hydrogen-bond donors (Lipinski definition) is 1. The van der Waals surface area contributed by atoms with Gasteiger partial charge in [-0.2, -0.15) is 0 Å². The molecule has 1 heterocycles. The van der Waals surface area contributed by atoms with Crippen LogP contribution in [0.2, 0.25) is 0 Å². The van der Waals surface area contributed by atoms with Gasteiger partial charge in [-0.25, -0.2) is 0 Å². The third-order valence-electron chi connectivity index (χ3n) is 2.97. The van der Waals surface area contributed by atoms with Crippen molar-refractivity contribution in [1.82, 2.24) is 5.32 Å². The number of amides is 1. The molecule has 1 N–H and O–H groups in total. The fourth-order valence-electron chi connectivity index (χ4n) is 1.72. The molecule has 1 aromatic rings. The van der Waals surface area contributed by atoms with E-state index in [2.05, 4.69) is 10.3 Å². The van der Waals surface area contributed by atoms with E-state index < -0.39 is 5.60 Å². The lowest BCUT2D eigenvalue weighted by Gasteiger charge is -2.27. The van der Waals surface area contributed by atoms with Gasteiger partial charge in [-0.05, 0) is 12.5 Å². The zero-order valence-corrected chi connectivity index (χ0v) is 11.3. The molecule has 1 amide bonds. The Bertz CT molecular complexity index is 461. The molecule has 0 fully saturated rings. The number of rotatable bonds is 3. The molecule has 1 aliphatic rings. The minimum atomic E-state index is -0.993. The van der Waals surface area contributed by atoms with Gasteiger partial charge in [0.05, 0.1) is 6.54 Å². The molecule has 0 radical (unpaired) electrons. The maximum atomic E-state index is 12.3. The summed E-state index contributed by atoms with van der Waals surface area (Å²) in [6.45, 7) is 2.52. The Morgan fingerprint density at radius 3 is 2.72 bits per heavy atom. The first-order valence-electron chi connectivity index (χ1n) is 5.76. The van der Waals surface area contributed by atoms with E-state index in [9.17, 15) is 4.79 Å². The summed E-state index contributed by atoms with van der Waals surface area (Å²) in [5.74, 6) is 0.731. The van der Waals surface area contributed by atoms with E-state index in [1.807, 2.05) is 30.3 Å². The van der Waals surface area contributed by atoms with Gasteiger partial charge in [0.1, 0.15) is 0 Å². The zero-order chi connectivity index (χ0) is 13.0. The Balaban J connectivity index is 2.18. The van der Waals surface area contributed by atoms with Crippen molar-refractivity contribution in [2.75, 3.05) is 19.4 Å². The van der Waals surface area contributed by atoms with Crippen molar-refractivity contribution >= 4 is 22.8 Å². The number of aliphatic imine (C=N–C) groups is 1. The van der Waals surface area contributed by atoms with Crippen molar-refractivity contribution in [1.29, 1.82) is 0 Å². The number of amidine groups is 1. The van der Waals surface area contributed by atoms with Gasteiger partial charge >= 0.3 is 0 Å². The van der Waals surface area contributed by atoms with E-state index in [-0.39, 0.29) is 5.91 Å². The second kappa shape index (κ2) is 5.54. The average Bonchev–Trinajstić information content (AvgIpc) is 2.91. The molecule has 96 valence electrons. The Morgan fingerprint density at radius 2 is 2.17 bits per heavy atom. The van der Waals surface area contributed by atoms with Gasteiger partial charge in [0.25, 0.3) is 5.91 Å². The molecule has 0 bridgehead atoms. The van der Waals surface area contributed by atoms with Crippen LogP contribution in [0.15, 0.2) is 35.3 Å². The van der Waals surface area contributed by atoms with Crippen molar-refractivity contribution < 1.29 is 9.53 Å². The predicted molar refractivity (Wildman–Crippen MR) is 73.7 cm³/mol. The van der Waals surface area contributed by atoms with Gasteiger partial charge in [0, 0.05) is 12.9 Å². The first kappa shape index (κ1) is 13.1. The van der Waals surface area contributed by atoms with Crippen LogP contribution in [0, 0.1) is 0 Å². The van der Waals surface area contributed by atoms with E-state index in [1.165, 1.54) is 7.11 Å². The lowest BCUT2D eigenvalue weighted by Crippen LogP contribution is -2.45. The molecule has 5 heteroatoms. The van der Waals surface area contributed by atoms with Crippen molar-refractivity contribution in [2.45, 2.75) is 12.5 Å². The van der Waals surface area contributed by atoms with Crippen molar-refractivity contribution in [3.8, 4) is 0 Å². The van der Waals surface area contributed by atoms with Gasteiger partial charge in [-0.3, -0.25) is 9.79 Å². The molecule has 4 nitrogen and oxygen atoms in total. The van der Waals surface area contributed by atoms with Crippen molar-refractivity contribution in [3.05, 3.63) is 35.9 Å². The molecule has 0 spiro atoms. The van der Waals surface area contributed by atoms with E-state index in [4.69, 9.17) is 4.74 Å². The molecule has 2 rings (SSSR count). The second-order valence-electron chi connectivity index (χ2n) is 4.09. The summed E-state index contributed by atoms with van der Waals surface area (Å²) in [6.07, 6.45) is 0. The van der Waals surface area contributed by atoms with E-state index in [0.717, 1.165) is 17.9 Å². The quantitative estimate of drug-likeness (QED) is 0.905. The minimum absolute atomic E-state index is 0.190. The largest absolute Gasteiger partial charge is 0.364 e. The zero-order valence-electron chi connectivity index (χ0n) is 10.5. The summed E-state index contributed by atoms with van der Waals surface area (Å²) in [5, 5.41) is 3.50. The highest BCUT2D eigenvalue weighted by Crippen LogP contribution is 2.25. The van der Waals surface area contributed by atoms with Crippen LogP contribution in [0.4, 0.5) is 0 Å². The Hall–Kier alpha value is -1.33. The van der Waals surface area contributed by atoms with Crippen LogP contribution in [0.3, 0.4) is 0 Å². The minimum Gasteiger partial charge on any atom is -0.364 e. The summed E-state index contributed by atoms with van der Waals surface area (Å²) < 4.78 is 5.42. The smallest absolute Gasteiger partial charge is 0.262 e. The molecule has 0 aromatic heterocycles. The van der Waals surface area contributed by atoms with E-state index in [1.54, 1.807) is 18.7 Å². The highest BCUT2D eigenvalue weighted by Gasteiger charge is 2.36. The second-order valence-corrected chi connectivity index (χ2v) is 5.18. The molecule has 0 aliphatic carbocycles. The van der Waals surface area contributed by atoms with Crippen LogP contribution in [-0.4, -0.2) is 30.5 Å². The van der Waals surface area contributed by atoms with E-state index >= 15 is 0 Å². The monoisotopic (exact) mass is 264 g/mol. The summed E-state index contributed by atoms with van der Waals surface area (Å²) >= 11 is 1.55. The number of carbonyl (C=O) groups is 1. The van der Waals surface area contributed by atoms with Crippen molar-refractivity contribution in [3.63, 3.8) is 0 Å². The molecule has 0 saturated carbocycles. The molecular formula is C13H16N2O2S. The van der Waals surface area contributed by atoms with Gasteiger partial charge in [-0.1, -0.05) is 42.1 Å². The first-order valence-corrected chi connectivity index (χ1v) is 6.75. The maximum Gasteiger partial charge on any atom is 0.262 e. The number of thioether (sulfide) groups is 1. The standard InChI is InChI=1S/C13H16N2O2S/c1-13(17-2,10-6-4-3-5-7-10)11(16)15-12-14-8-9-18-12/h3-7H,8-9H2,1-2H3,(H,14,15,16). The number of benzene rings is 1. The summed E-state index contributed by atoms with van der Waals surface area (Å²) in [6, 6.07) is 9.46. The molecule has 18 heavy (non-hydrogen) atoms. The summed E-state index contributed by atoms with van der Waals surface area (Å²) in [7, 11) is 1.54. The lowest BCUT2D eigenvalue weighted by molar-refractivity contribution is -0.140. The molecule has 1 aromatic carbocycles. The molecule has 0 saturated heterocycles. The number of ether oxygens (including phenoxy) is 1. The Kier molecular flexibility index (Phi) is 4.04. The van der Waals surface area contributed by atoms with Crippen LogP contribution in [0.25, 0.3) is 0 Å². The summed E-state index contributed by atoms with van der Waals surface area (Å²) in [5.41, 5.74) is -0.166. The highest BCUT2D eigenvalue weighted by atomic mass is 32.2. The predicted octanol–water partition coefficient (Wildman–Crippen LogP) is 1.77. The van der Waals surface area contributed by atoms with Crippen LogP contribution >= 0.6 is 11.8 Å². The first-order chi connectivity index (χ1) is 8.66. The molecular weight excluding hydrogens is 248 g/mol. The SMILES string of the molecule is COC(C)(C(=O)NC1=NCCS1)c1ccccc1. The molecule has 1 aliphatic heterocycles. The normalized spacial score (nSPS) is 18.0. The van der Waals surface area contributed by atoms with Gasteiger partial charge in [0.2, 0.25) is 0 Å². The van der Waals surface area contributed by atoms with Gasteiger partial charge in [-0.15, -0.1) is 0 Å².